The van der Waals surface area contributed by atoms with Crippen molar-refractivity contribution in [3.63, 3.8) is 0 Å². The number of hydrogen-bond acceptors (Lipinski definition) is 2. The van der Waals surface area contributed by atoms with Gasteiger partial charge < -0.3 is 4.90 Å². The fraction of sp³-hybridized carbons (Fsp3) is 0.667. The predicted octanol–water partition coefficient (Wildman–Crippen LogP) is 3.44. The van der Waals surface area contributed by atoms with Crippen LogP contribution in [0.1, 0.15) is 51.0 Å². The maximum atomic E-state index is 12.6. The van der Waals surface area contributed by atoms with Gasteiger partial charge in [0.2, 0.25) is 5.91 Å². The zero-order chi connectivity index (χ0) is 14.7. The van der Waals surface area contributed by atoms with E-state index in [0.29, 0.717) is 18.4 Å². The fourth-order valence-electron chi connectivity index (χ4n) is 4.15. The number of aromatic nitrogens is 1. The number of pyridine rings is 1. The van der Waals surface area contributed by atoms with Crippen LogP contribution in [0.25, 0.3) is 0 Å². The van der Waals surface area contributed by atoms with Crippen molar-refractivity contribution in [3.8, 4) is 0 Å². The SMILES string of the molecule is C[C@@H]1CC[C@@H]2[C@@H](CCCN2C(=O)CCc2ccncc2)C1. The van der Waals surface area contributed by atoms with Gasteiger partial charge in [-0.3, -0.25) is 9.78 Å². The normalized spacial score (nSPS) is 29.0. The number of likely N-dealkylation sites (tertiary alicyclic amines) is 1. The van der Waals surface area contributed by atoms with Crippen LogP contribution in [0.3, 0.4) is 0 Å². The number of aryl methyl sites for hydroxylation is 1. The molecule has 0 spiro atoms. The summed E-state index contributed by atoms with van der Waals surface area (Å²) in [5.41, 5.74) is 1.21. The van der Waals surface area contributed by atoms with Crippen molar-refractivity contribution in [2.24, 2.45) is 11.8 Å². The van der Waals surface area contributed by atoms with Crippen LogP contribution >= 0.6 is 0 Å². The van der Waals surface area contributed by atoms with Crippen molar-refractivity contribution in [3.05, 3.63) is 30.1 Å². The molecule has 1 aliphatic carbocycles. The molecule has 1 aromatic heterocycles. The molecule has 0 N–H and O–H groups in total. The van der Waals surface area contributed by atoms with Gasteiger partial charge in [-0.25, -0.2) is 0 Å². The first-order valence-corrected chi connectivity index (χ1v) is 8.42. The van der Waals surface area contributed by atoms with E-state index in [1.54, 1.807) is 12.4 Å². The third kappa shape index (κ3) is 3.45. The number of nitrogens with zero attached hydrogens (tertiary/aromatic N) is 2. The summed E-state index contributed by atoms with van der Waals surface area (Å²) in [5, 5.41) is 0. The Balaban J connectivity index is 1.58. The summed E-state index contributed by atoms with van der Waals surface area (Å²) in [6.45, 7) is 3.34. The Kier molecular flexibility index (Phi) is 4.57. The summed E-state index contributed by atoms with van der Waals surface area (Å²) in [6.07, 6.45) is 11.4. The van der Waals surface area contributed by atoms with Gasteiger partial charge in [-0.15, -0.1) is 0 Å². The molecule has 1 amide bonds. The van der Waals surface area contributed by atoms with Gasteiger partial charge in [0, 0.05) is 31.4 Å². The molecule has 1 aromatic rings. The molecular formula is C18H26N2O. The molecule has 1 saturated carbocycles. The van der Waals surface area contributed by atoms with Gasteiger partial charge >= 0.3 is 0 Å². The van der Waals surface area contributed by atoms with Crippen LogP contribution in [0.4, 0.5) is 0 Å². The van der Waals surface area contributed by atoms with Crippen LogP contribution in [-0.2, 0) is 11.2 Å². The van der Waals surface area contributed by atoms with Gasteiger partial charge in [0.1, 0.15) is 0 Å². The first kappa shape index (κ1) is 14.6. The van der Waals surface area contributed by atoms with Crippen LogP contribution < -0.4 is 0 Å². The van der Waals surface area contributed by atoms with E-state index in [2.05, 4.69) is 16.8 Å². The van der Waals surface area contributed by atoms with Crippen molar-refractivity contribution in [1.29, 1.82) is 0 Å². The van der Waals surface area contributed by atoms with E-state index in [1.807, 2.05) is 12.1 Å². The maximum absolute atomic E-state index is 12.6. The summed E-state index contributed by atoms with van der Waals surface area (Å²) in [5.74, 6) is 1.96. The number of amides is 1. The number of fused-ring (bicyclic) bond motifs is 1. The first-order valence-electron chi connectivity index (χ1n) is 8.42. The van der Waals surface area contributed by atoms with Gasteiger partial charge in [-0.1, -0.05) is 6.92 Å². The molecule has 2 aliphatic rings. The number of rotatable bonds is 3. The van der Waals surface area contributed by atoms with E-state index in [-0.39, 0.29) is 0 Å². The van der Waals surface area contributed by atoms with Crippen molar-refractivity contribution < 1.29 is 4.79 Å². The zero-order valence-corrected chi connectivity index (χ0v) is 13.0. The van der Waals surface area contributed by atoms with Crippen LogP contribution in [0.15, 0.2) is 24.5 Å². The van der Waals surface area contributed by atoms with Gasteiger partial charge in [0.15, 0.2) is 0 Å². The van der Waals surface area contributed by atoms with Gasteiger partial charge in [-0.2, -0.15) is 0 Å². The Labute approximate surface area is 127 Å². The van der Waals surface area contributed by atoms with E-state index in [1.165, 1.54) is 37.7 Å². The van der Waals surface area contributed by atoms with E-state index in [9.17, 15) is 4.79 Å². The van der Waals surface area contributed by atoms with Crippen LogP contribution in [0, 0.1) is 11.8 Å². The highest BCUT2D eigenvalue weighted by Gasteiger charge is 2.37. The molecule has 3 nitrogen and oxygen atoms in total. The van der Waals surface area contributed by atoms with Crippen molar-refractivity contribution in [1.82, 2.24) is 9.88 Å². The summed E-state index contributed by atoms with van der Waals surface area (Å²) in [7, 11) is 0. The zero-order valence-electron chi connectivity index (χ0n) is 13.0. The minimum absolute atomic E-state index is 0.357. The van der Waals surface area contributed by atoms with Gasteiger partial charge in [0.05, 0.1) is 0 Å². The molecule has 114 valence electrons. The minimum Gasteiger partial charge on any atom is -0.339 e. The molecule has 2 heterocycles. The molecule has 1 saturated heterocycles. The quantitative estimate of drug-likeness (QED) is 0.852. The monoisotopic (exact) mass is 286 g/mol. The number of carbonyl (C=O) groups excluding carboxylic acids is 1. The summed E-state index contributed by atoms with van der Waals surface area (Å²) >= 11 is 0. The van der Waals surface area contributed by atoms with Crippen molar-refractivity contribution in [2.75, 3.05) is 6.54 Å². The Morgan fingerprint density at radius 1 is 1.29 bits per heavy atom. The summed E-state index contributed by atoms with van der Waals surface area (Å²) < 4.78 is 0. The number of hydrogen-bond donors (Lipinski definition) is 0. The van der Waals surface area contributed by atoms with Crippen LogP contribution in [0.5, 0.6) is 0 Å². The van der Waals surface area contributed by atoms with Crippen LogP contribution in [0.2, 0.25) is 0 Å². The highest BCUT2D eigenvalue weighted by Crippen LogP contribution is 2.38. The lowest BCUT2D eigenvalue weighted by molar-refractivity contribution is -0.137. The molecule has 1 aliphatic heterocycles. The second-order valence-electron chi connectivity index (χ2n) is 6.83. The van der Waals surface area contributed by atoms with E-state index in [4.69, 9.17) is 0 Å². The Morgan fingerprint density at radius 2 is 2.10 bits per heavy atom. The standard InChI is InChI=1S/C18H26N2O/c1-14-4-6-17-16(13-14)3-2-12-20(17)18(21)7-5-15-8-10-19-11-9-15/h8-11,14,16-17H,2-7,12-13H2,1H3/t14-,16+,17-/m1/s1. The second-order valence-corrected chi connectivity index (χ2v) is 6.83. The van der Waals surface area contributed by atoms with E-state index < -0.39 is 0 Å². The molecule has 2 fully saturated rings. The number of piperidine rings is 1. The molecule has 0 aromatic carbocycles. The Hall–Kier alpha value is -1.38. The lowest BCUT2D eigenvalue weighted by Gasteiger charge is -2.45. The highest BCUT2D eigenvalue weighted by molar-refractivity contribution is 5.77. The molecule has 21 heavy (non-hydrogen) atoms. The topological polar surface area (TPSA) is 33.2 Å². The average Bonchev–Trinajstić information content (AvgIpc) is 2.52. The molecule has 3 rings (SSSR count). The van der Waals surface area contributed by atoms with Gasteiger partial charge in [-0.05, 0) is 68.1 Å². The third-order valence-corrected chi connectivity index (χ3v) is 5.28. The molecular weight excluding hydrogens is 260 g/mol. The second kappa shape index (κ2) is 6.59. The smallest absolute Gasteiger partial charge is 0.223 e. The molecule has 0 unspecified atom stereocenters. The average molecular weight is 286 g/mol. The molecule has 3 atom stereocenters. The molecule has 0 radical (unpaired) electrons. The van der Waals surface area contributed by atoms with Gasteiger partial charge in [0.25, 0.3) is 0 Å². The largest absolute Gasteiger partial charge is 0.339 e. The first-order chi connectivity index (χ1) is 10.2. The van der Waals surface area contributed by atoms with E-state index >= 15 is 0 Å². The Bertz CT molecular complexity index is 473. The summed E-state index contributed by atoms with van der Waals surface area (Å²) in [4.78, 5) is 18.9. The summed E-state index contributed by atoms with van der Waals surface area (Å²) in [6, 6.07) is 4.54. The number of carbonyl (C=O) groups is 1. The minimum atomic E-state index is 0.357. The predicted molar refractivity (Wildman–Crippen MR) is 83.8 cm³/mol. The van der Waals surface area contributed by atoms with Crippen molar-refractivity contribution >= 4 is 5.91 Å². The fourth-order valence-corrected chi connectivity index (χ4v) is 4.15. The lowest BCUT2D eigenvalue weighted by Crippen LogP contribution is -2.50. The Morgan fingerprint density at radius 3 is 2.90 bits per heavy atom. The lowest BCUT2D eigenvalue weighted by atomic mass is 9.74. The van der Waals surface area contributed by atoms with E-state index in [0.717, 1.165) is 24.8 Å². The highest BCUT2D eigenvalue weighted by atomic mass is 16.2. The van der Waals surface area contributed by atoms with Crippen LogP contribution in [-0.4, -0.2) is 28.4 Å². The third-order valence-electron chi connectivity index (χ3n) is 5.28. The maximum Gasteiger partial charge on any atom is 0.223 e. The molecule has 3 heteroatoms. The van der Waals surface area contributed by atoms with Crippen molar-refractivity contribution in [2.45, 2.75) is 57.9 Å². The molecule has 0 bridgehead atoms.